The maximum atomic E-state index is 13.4. The number of fused-ring (bicyclic) bond motifs is 3. The van der Waals surface area contributed by atoms with E-state index in [9.17, 15) is 9.59 Å². The first-order valence-corrected chi connectivity index (χ1v) is 9.50. The summed E-state index contributed by atoms with van der Waals surface area (Å²) >= 11 is 0. The van der Waals surface area contributed by atoms with Gasteiger partial charge in [-0.3, -0.25) is 9.59 Å². The highest BCUT2D eigenvalue weighted by Gasteiger charge is 2.16. The molecule has 0 amide bonds. The lowest BCUT2D eigenvalue weighted by molar-refractivity contribution is 0.103. The second kappa shape index (κ2) is 6.91. The summed E-state index contributed by atoms with van der Waals surface area (Å²) in [6.45, 7) is 0.476. The molecule has 5 rings (SSSR count). The Hall–Kier alpha value is -3.92. The number of hydrogen-bond donors (Lipinski definition) is 0. The predicted octanol–water partition coefficient (Wildman–Crippen LogP) is 4.53. The lowest BCUT2D eigenvalue weighted by atomic mass is 10.1. The normalized spacial score (nSPS) is 11.2. The maximum absolute atomic E-state index is 13.4. The predicted molar refractivity (Wildman–Crippen MR) is 115 cm³/mol. The van der Waals surface area contributed by atoms with E-state index < -0.39 is 0 Å². The molecule has 4 heteroatoms. The third-order valence-electron chi connectivity index (χ3n) is 5.20. The molecule has 0 fully saturated rings. The standard InChI is InChI=1S/C25H18N2O2/c28-24(19-11-5-2-6-12-19)20-15-23-25(29)27(16-18-9-3-1-4-10-18)22-14-8-7-13-21(22)26(23)17-20/h1-15,17H,16H2. The van der Waals surface area contributed by atoms with E-state index in [0.717, 1.165) is 16.6 Å². The molecule has 3 aromatic carbocycles. The van der Waals surface area contributed by atoms with E-state index in [2.05, 4.69) is 0 Å². The first kappa shape index (κ1) is 17.2. The fraction of sp³-hybridized carbons (Fsp3) is 0.0400. The van der Waals surface area contributed by atoms with Gasteiger partial charge in [0.1, 0.15) is 5.52 Å². The molecule has 0 atom stereocenters. The van der Waals surface area contributed by atoms with E-state index in [-0.39, 0.29) is 11.3 Å². The Kier molecular flexibility index (Phi) is 4.10. The van der Waals surface area contributed by atoms with Crippen LogP contribution in [-0.2, 0) is 6.54 Å². The molecule has 29 heavy (non-hydrogen) atoms. The molecule has 0 bridgehead atoms. The Balaban J connectivity index is 1.73. The third-order valence-corrected chi connectivity index (χ3v) is 5.20. The molecule has 0 N–H and O–H groups in total. The van der Waals surface area contributed by atoms with Gasteiger partial charge in [0.2, 0.25) is 0 Å². The zero-order chi connectivity index (χ0) is 19.8. The van der Waals surface area contributed by atoms with E-state index in [1.54, 1.807) is 29.0 Å². The summed E-state index contributed by atoms with van der Waals surface area (Å²) in [7, 11) is 0. The lowest BCUT2D eigenvalue weighted by Crippen LogP contribution is -2.23. The van der Waals surface area contributed by atoms with Gasteiger partial charge < -0.3 is 8.97 Å². The molecular formula is C25H18N2O2. The third kappa shape index (κ3) is 2.95. The second-order valence-electron chi connectivity index (χ2n) is 7.04. The van der Waals surface area contributed by atoms with Gasteiger partial charge in [-0.25, -0.2) is 0 Å². The molecule has 0 saturated carbocycles. The van der Waals surface area contributed by atoms with Crippen LogP contribution in [-0.4, -0.2) is 14.8 Å². The van der Waals surface area contributed by atoms with Crippen molar-refractivity contribution in [3.63, 3.8) is 0 Å². The van der Waals surface area contributed by atoms with Gasteiger partial charge in [-0.1, -0.05) is 72.8 Å². The van der Waals surface area contributed by atoms with Gasteiger partial charge in [-0.2, -0.15) is 0 Å². The highest BCUT2D eigenvalue weighted by atomic mass is 16.1. The van der Waals surface area contributed by atoms with Gasteiger partial charge in [0.25, 0.3) is 5.56 Å². The van der Waals surface area contributed by atoms with Crippen molar-refractivity contribution in [2.45, 2.75) is 6.54 Å². The summed E-state index contributed by atoms with van der Waals surface area (Å²) in [5.41, 5.74) is 4.29. The van der Waals surface area contributed by atoms with Gasteiger partial charge in [0.05, 0.1) is 17.6 Å². The Morgan fingerprint density at radius 3 is 2.03 bits per heavy atom. The number of para-hydroxylation sites is 2. The largest absolute Gasteiger partial charge is 0.310 e. The number of aromatic nitrogens is 2. The highest BCUT2D eigenvalue weighted by Crippen LogP contribution is 2.20. The van der Waals surface area contributed by atoms with Gasteiger partial charge in [-0.05, 0) is 23.8 Å². The fourth-order valence-corrected chi connectivity index (χ4v) is 3.77. The summed E-state index contributed by atoms with van der Waals surface area (Å²) in [6, 6.07) is 28.5. The van der Waals surface area contributed by atoms with Crippen molar-refractivity contribution >= 4 is 22.3 Å². The van der Waals surface area contributed by atoms with Gasteiger partial charge in [0, 0.05) is 17.3 Å². The number of nitrogens with zero attached hydrogens (tertiary/aromatic N) is 2. The summed E-state index contributed by atoms with van der Waals surface area (Å²) in [4.78, 5) is 26.3. The maximum Gasteiger partial charge on any atom is 0.275 e. The van der Waals surface area contributed by atoms with Crippen molar-refractivity contribution in [2.24, 2.45) is 0 Å². The molecule has 2 aromatic heterocycles. The minimum absolute atomic E-state index is 0.0904. The smallest absolute Gasteiger partial charge is 0.275 e. The molecule has 4 nitrogen and oxygen atoms in total. The van der Waals surface area contributed by atoms with Crippen LogP contribution in [0.3, 0.4) is 0 Å². The van der Waals surface area contributed by atoms with E-state index in [1.807, 2.05) is 77.2 Å². The zero-order valence-electron chi connectivity index (χ0n) is 15.7. The average Bonchev–Trinajstić information content (AvgIpc) is 3.23. The van der Waals surface area contributed by atoms with E-state index in [0.29, 0.717) is 23.2 Å². The van der Waals surface area contributed by atoms with Crippen LogP contribution in [0.2, 0.25) is 0 Å². The van der Waals surface area contributed by atoms with Crippen molar-refractivity contribution < 1.29 is 4.79 Å². The van der Waals surface area contributed by atoms with Crippen LogP contribution in [0, 0.1) is 0 Å². The molecule has 140 valence electrons. The lowest BCUT2D eigenvalue weighted by Gasteiger charge is -2.12. The van der Waals surface area contributed by atoms with Crippen molar-refractivity contribution in [3.8, 4) is 0 Å². The van der Waals surface area contributed by atoms with Gasteiger partial charge >= 0.3 is 0 Å². The van der Waals surface area contributed by atoms with Gasteiger partial charge in [-0.15, -0.1) is 0 Å². The fourth-order valence-electron chi connectivity index (χ4n) is 3.77. The van der Waals surface area contributed by atoms with Crippen molar-refractivity contribution in [3.05, 3.63) is 124 Å². The summed E-state index contributed by atoms with van der Waals surface area (Å²) in [6.07, 6.45) is 1.77. The summed E-state index contributed by atoms with van der Waals surface area (Å²) < 4.78 is 3.60. The number of carbonyl (C=O) groups is 1. The molecule has 0 spiro atoms. The van der Waals surface area contributed by atoms with E-state index in [4.69, 9.17) is 0 Å². The van der Waals surface area contributed by atoms with Crippen LogP contribution in [0.5, 0.6) is 0 Å². The summed E-state index contributed by atoms with van der Waals surface area (Å²) in [5, 5.41) is 0. The first-order chi connectivity index (χ1) is 14.2. The molecular weight excluding hydrogens is 360 g/mol. The molecule has 2 heterocycles. The number of carbonyl (C=O) groups excluding carboxylic acids is 1. The molecule has 0 aliphatic heterocycles. The molecule has 0 radical (unpaired) electrons. The van der Waals surface area contributed by atoms with Gasteiger partial charge in [0.15, 0.2) is 5.78 Å². The molecule has 0 saturated heterocycles. The minimum Gasteiger partial charge on any atom is -0.310 e. The van der Waals surface area contributed by atoms with Crippen molar-refractivity contribution in [1.29, 1.82) is 0 Å². The second-order valence-corrected chi connectivity index (χ2v) is 7.04. The quantitative estimate of drug-likeness (QED) is 0.431. The Morgan fingerprint density at radius 1 is 0.690 bits per heavy atom. The average molecular weight is 378 g/mol. The molecule has 5 aromatic rings. The zero-order valence-corrected chi connectivity index (χ0v) is 15.7. The minimum atomic E-state index is -0.111. The van der Waals surface area contributed by atoms with Crippen LogP contribution in [0.1, 0.15) is 21.5 Å². The van der Waals surface area contributed by atoms with E-state index in [1.165, 1.54) is 0 Å². The van der Waals surface area contributed by atoms with Crippen LogP contribution < -0.4 is 5.56 Å². The summed E-state index contributed by atoms with van der Waals surface area (Å²) in [5.74, 6) is -0.0904. The van der Waals surface area contributed by atoms with Crippen LogP contribution in [0.15, 0.2) is 102 Å². The SMILES string of the molecule is O=C(c1ccccc1)c1cc2c(=O)n(Cc3ccccc3)c3ccccc3n2c1. The number of hydrogen-bond acceptors (Lipinski definition) is 2. The van der Waals surface area contributed by atoms with Crippen molar-refractivity contribution in [1.82, 2.24) is 8.97 Å². The monoisotopic (exact) mass is 378 g/mol. The molecule has 0 unspecified atom stereocenters. The number of ketones is 1. The first-order valence-electron chi connectivity index (χ1n) is 9.50. The van der Waals surface area contributed by atoms with Crippen molar-refractivity contribution in [2.75, 3.05) is 0 Å². The van der Waals surface area contributed by atoms with Crippen LogP contribution in [0.25, 0.3) is 16.6 Å². The van der Waals surface area contributed by atoms with Crippen LogP contribution >= 0.6 is 0 Å². The Bertz CT molecular complexity index is 1400. The topological polar surface area (TPSA) is 43.5 Å². The molecule has 0 aliphatic rings. The van der Waals surface area contributed by atoms with E-state index >= 15 is 0 Å². The number of rotatable bonds is 4. The number of benzene rings is 3. The Morgan fingerprint density at radius 2 is 1.31 bits per heavy atom. The molecule has 0 aliphatic carbocycles. The Labute approximate surface area is 167 Å². The van der Waals surface area contributed by atoms with Crippen LogP contribution in [0.4, 0.5) is 0 Å². The highest BCUT2D eigenvalue weighted by molar-refractivity contribution is 6.09.